The quantitative estimate of drug-likeness (QED) is 0.806. The predicted octanol–water partition coefficient (Wildman–Crippen LogP) is 2.94. The topological polar surface area (TPSA) is 64.5 Å². The number of nitrogens with zero attached hydrogens (tertiary/aromatic N) is 2. The average Bonchev–Trinajstić information content (AvgIpc) is 2.81. The molecule has 0 unspecified atom stereocenters. The number of rotatable bonds is 5. The van der Waals surface area contributed by atoms with E-state index in [0.717, 1.165) is 36.3 Å². The summed E-state index contributed by atoms with van der Waals surface area (Å²) in [4.78, 5) is 0. The molecule has 1 aromatic heterocycles. The fourth-order valence-corrected chi connectivity index (χ4v) is 2.12. The zero-order valence-electron chi connectivity index (χ0n) is 11.3. The Balaban J connectivity index is 1.90. The SMILES string of the molecule is Cc1cccc(C#N)c1NCCCc1cn[nH]c1C. The van der Waals surface area contributed by atoms with E-state index in [1.807, 2.05) is 38.2 Å². The van der Waals surface area contributed by atoms with Gasteiger partial charge in [0.05, 0.1) is 17.4 Å². The van der Waals surface area contributed by atoms with Crippen LogP contribution < -0.4 is 5.32 Å². The molecule has 0 atom stereocenters. The smallest absolute Gasteiger partial charge is 0.101 e. The van der Waals surface area contributed by atoms with Crippen LogP contribution in [0.25, 0.3) is 0 Å². The van der Waals surface area contributed by atoms with Crippen molar-refractivity contribution >= 4 is 5.69 Å². The highest BCUT2D eigenvalue weighted by Gasteiger charge is 2.04. The van der Waals surface area contributed by atoms with Crippen molar-refractivity contribution in [3.63, 3.8) is 0 Å². The second kappa shape index (κ2) is 6.05. The summed E-state index contributed by atoms with van der Waals surface area (Å²) in [6, 6.07) is 7.99. The van der Waals surface area contributed by atoms with Gasteiger partial charge in [-0.05, 0) is 43.9 Å². The van der Waals surface area contributed by atoms with Crippen molar-refractivity contribution in [3.05, 3.63) is 46.8 Å². The molecule has 0 amide bonds. The highest BCUT2D eigenvalue weighted by Crippen LogP contribution is 2.19. The third-order valence-electron chi connectivity index (χ3n) is 3.25. The van der Waals surface area contributed by atoms with Gasteiger partial charge in [0.1, 0.15) is 6.07 Å². The lowest BCUT2D eigenvalue weighted by atomic mass is 10.1. The molecule has 0 aliphatic rings. The maximum Gasteiger partial charge on any atom is 0.101 e. The highest BCUT2D eigenvalue weighted by molar-refractivity contribution is 5.62. The van der Waals surface area contributed by atoms with Crippen molar-refractivity contribution in [1.82, 2.24) is 10.2 Å². The first kappa shape index (κ1) is 13.2. The normalized spacial score (nSPS) is 10.2. The van der Waals surface area contributed by atoms with Crippen LogP contribution in [0.1, 0.15) is 28.8 Å². The number of H-pyrrole nitrogens is 1. The maximum atomic E-state index is 9.08. The van der Waals surface area contributed by atoms with E-state index in [2.05, 4.69) is 21.6 Å². The minimum absolute atomic E-state index is 0.708. The first-order chi connectivity index (χ1) is 9.22. The van der Waals surface area contributed by atoms with E-state index in [9.17, 15) is 0 Å². The summed E-state index contributed by atoms with van der Waals surface area (Å²) in [6.45, 7) is 4.90. The van der Waals surface area contributed by atoms with Crippen LogP contribution >= 0.6 is 0 Å². The van der Waals surface area contributed by atoms with Gasteiger partial charge in [-0.15, -0.1) is 0 Å². The van der Waals surface area contributed by atoms with Gasteiger partial charge in [0.15, 0.2) is 0 Å². The summed E-state index contributed by atoms with van der Waals surface area (Å²) in [5.74, 6) is 0. The maximum absolute atomic E-state index is 9.08. The molecular formula is C15H18N4. The predicted molar refractivity (Wildman–Crippen MR) is 76.0 cm³/mol. The van der Waals surface area contributed by atoms with Crippen LogP contribution in [0, 0.1) is 25.2 Å². The Morgan fingerprint density at radius 3 is 2.89 bits per heavy atom. The number of nitrogens with one attached hydrogen (secondary N) is 2. The lowest BCUT2D eigenvalue weighted by Crippen LogP contribution is -2.06. The molecule has 4 heteroatoms. The molecule has 0 aliphatic carbocycles. The molecule has 2 N–H and O–H groups in total. The number of benzene rings is 1. The lowest BCUT2D eigenvalue weighted by Gasteiger charge is -2.10. The summed E-state index contributed by atoms with van der Waals surface area (Å²) in [6.07, 6.45) is 3.88. The van der Waals surface area contributed by atoms with E-state index in [-0.39, 0.29) is 0 Å². The van der Waals surface area contributed by atoms with Gasteiger partial charge in [-0.25, -0.2) is 0 Å². The largest absolute Gasteiger partial charge is 0.384 e. The second-order valence-electron chi connectivity index (χ2n) is 4.66. The molecule has 0 spiro atoms. The highest BCUT2D eigenvalue weighted by atomic mass is 15.1. The zero-order chi connectivity index (χ0) is 13.7. The minimum atomic E-state index is 0.708. The Labute approximate surface area is 113 Å². The molecule has 0 saturated heterocycles. The van der Waals surface area contributed by atoms with Crippen molar-refractivity contribution in [1.29, 1.82) is 5.26 Å². The van der Waals surface area contributed by atoms with Crippen molar-refractivity contribution in [3.8, 4) is 6.07 Å². The van der Waals surface area contributed by atoms with Crippen LogP contribution in [0.5, 0.6) is 0 Å². The first-order valence-corrected chi connectivity index (χ1v) is 6.45. The molecule has 0 radical (unpaired) electrons. The van der Waals surface area contributed by atoms with Gasteiger partial charge in [-0.2, -0.15) is 10.4 Å². The van der Waals surface area contributed by atoms with Crippen LogP contribution in [-0.2, 0) is 6.42 Å². The third kappa shape index (κ3) is 3.14. The van der Waals surface area contributed by atoms with E-state index in [1.54, 1.807) is 0 Å². The van der Waals surface area contributed by atoms with Gasteiger partial charge in [-0.1, -0.05) is 12.1 Å². The molecule has 1 heterocycles. The minimum Gasteiger partial charge on any atom is -0.384 e. The summed E-state index contributed by atoms with van der Waals surface area (Å²) < 4.78 is 0. The van der Waals surface area contributed by atoms with Gasteiger partial charge >= 0.3 is 0 Å². The molecule has 1 aromatic carbocycles. The van der Waals surface area contributed by atoms with Crippen LogP contribution in [0.15, 0.2) is 24.4 Å². The van der Waals surface area contributed by atoms with Crippen LogP contribution in [0.2, 0.25) is 0 Å². The summed E-state index contributed by atoms with van der Waals surface area (Å²) in [5, 5.41) is 19.4. The van der Waals surface area contributed by atoms with Crippen molar-refractivity contribution < 1.29 is 0 Å². The van der Waals surface area contributed by atoms with Gasteiger partial charge in [0.25, 0.3) is 0 Å². The molecule has 0 aliphatic heterocycles. The fourth-order valence-electron chi connectivity index (χ4n) is 2.12. The van der Waals surface area contributed by atoms with Crippen LogP contribution in [-0.4, -0.2) is 16.7 Å². The Hall–Kier alpha value is -2.28. The summed E-state index contributed by atoms with van der Waals surface area (Å²) in [5.41, 5.74) is 5.16. The van der Waals surface area contributed by atoms with Crippen LogP contribution in [0.3, 0.4) is 0 Å². The van der Waals surface area contributed by atoms with Gasteiger partial charge in [0, 0.05) is 12.2 Å². The summed E-state index contributed by atoms with van der Waals surface area (Å²) in [7, 11) is 0. The number of nitriles is 1. The molecule has 4 nitrogen and oxygen atoms in total. The lowest BCUT2D eigenvalue weighted by molar-refractivity contribution is 0.856. The molecule has 2 aromatic rings. The number of aromatic amines is 1. The number of hydrogen-bond donors (Lipinski definition) is 2. The molecular weight excluding hydrogens is 236 g/mol. The van der Waals surface area contributed by atoms with Crippen molar-refractivity contribution in [2.75, 3.05) is 11.9 Å². The molecule has 0 saturated carbocycles. The van der Waals surface area contributed by atoms with Crippen molar-refractivity contribution in [2.24, 2.45) is 0 Å². The van der Waals surface area contributed by atoms with Crippen molar-refractivity contribution in [2.45, 2.75) is 26.7 Å². The Bertz CT molecular complexity index is 592. The van der Waals surface area contributed by atoms with Gasteiger partial charge in [0.2, 0.25) is 0 Å². The number of hydrogen-bond acceptors (Lipinski definition) is 3. The fraction of sp³-hybridized carbons (Fsp3) is 0.333. The molecule has 2 rings (SSSR count). The Kier molecular flexibility index (Phi) is 4.19. The van der Waals surface area contributed by atoms with E-state index >= 15 is 0 Å². The van der Waals surface area contributed by atoms with Crippen LogP contribution in [0.4, 0.5) is 5.69 Å². The second-order valence-corrected chi connectivity index (χ2v) is 4.66. The first-order valence-electron chi connectivity index (χ1n) is 6.45. The van der Waals surface area contributed by atoms with Gasteiger partial charge < -0.3 is 5.32 Å². The standard InChI is InChI=1S/C15H18N4/c1-11-5-3-6-13(9-16)15(11)17-8-4-7-14-10-18-19-12(14)2/h3,5-6,10,17H,4,7-8H2,1-2H3,(H,18,19). The summed E-state index contributed by atoms with van der Waals surface area (Å²) >= 11 is 0. The Morgan fingerprint density at radius 1 is 1.37 bits per heavy atom. The van der Waals surface area contributed by atoms with Gasteiger partial charge in [-0.3, -0.25) is 5.10 Å². The van der Waals surface area contributed by atoms with E-state index in [4.69, 9.17) is 5.26 Å². The molecule has 98 valence electrons. The number of para-hydroxylation sites is 1. The van der Waals surface area contributed by atoms with E-state index in [1.165, 1.54) is 5.56 Å². The molecule has 0 bridgehead atoms. The third-order valence-corrected chi connectivity index (χ3v) is 3.25. The molecule has 0 fully saturated rings. The Morgan fingerprint density at radius 2 is 2.21 bits per heavy atom. The van der Waals surface area contributed by atoms with E-state index in [0.29, 0.717) is 5.56 Å². The monoisotopic (exact) mass is 254 g/mol. The van der Waals surface area contributed by atoms with E-state index < -0.39 is 0 Å². The number of anilines is 1. The zero-order valence-corrected chi connectivity index (χ0v) is 11.3. The molecule has 19 heavy (non-hydrogen) atoms. The average molecular weight is 254 g/mol. The number of aromatic nitrogens is 2. The number of aryl methyl sites for hydroxylation is 3.